The van der Waals surface area contributed by atoms with Crippen molar-refractivity contribution in [3.8, 4) is 0 Å². The van der Waals surface area contributed by atoms with Gasteiger partial charge in [-0.2, -0.15) is 0 Å². The van der Waals surface area contributed by atoms with Crippen LogP contribution in [0.15, 0.2) is 121 Å². The summed E-state index contributed by atoms with van der Waals surface area (Å²) in [6.45, 7) is 0. The molecule has 0 aliphatic heterocycles. The first-order valence-electron chi connectivity index (χ1n) is 10.6. The second-order valence-electron chi connectivity index (χ2n) is 8.08. The van der Waals surface area contributed by atoms with Gasteiger partial charge in [-0.25, -0.2) is 0 Å². The van der Waals surface area contributed by atoms with E-state index in [1.807, 2.05) is 18.2 Å². The monoisotopic (exact) mass is 396 g/mol. The fourth-order valence-corrected chi connectivity index (χ4v) is 5.27. The number of hydrogen-bond acceptors (Lipinski definition) is 1. The zero-order valence-electron chi connectivity index (χ0n) is 17.0. The molecule has 4 aromatic carbocycles. The van der Waals surface area contributed by atoms with E-state index in [-0.39, 0.29) is 5.78 Å². The summed E-state index contributed by atoms with van der Waals surface area (Å²) in [5, 5.41) is 0. The third-order valence-electron chi connectivity index (χ3n) is 6.49. The Morgan fingerprint density at radius 1 is 0.516 bits per heavy atom. The van der Waals surface area contributed by atoms with E-state index in [9.17, 15) is 4.79 Å². The van der Waals surface area contributed by atoms with Crippen molar-refractivity contribution in [1.29, 1.82) is 0 Å². The van der Waals surface area contributed by atoms with E-state index in [2.05, 4.69) is 97.1 Å². The minimum Gasteiger partial charge on any atom is -0.289 e. The molecule has 0 bridgehead atoms. The predicted molar refractivity (Wildman–Crippen MR) is 126 cm³/mol. The molecule has 2 aliphatic rings. The van der Waals surface area contributed by atoms with Gasteiger partial charge in [0, 0.05) is 5.56 Å². The molecule has 1 nitrogen and oxygen atoms in total. The summed E-state index contributed by atoms with van der Waals surface area (Å²) in [5.41, 5.74) is 8.61. The smallest absolute Gasteiger partial charge is 0.185 e. The Kier molecular flexibility index (Phi) is 3.91. The molecule has 2 aliphatic carbocycles. The maximum Gasteiger partial charge on any atom is 0.185 e. The second-order valence-corrected chi connectivity index (χ2v) is 8.08. The zero-order valence-corrected chi connectivity index (χ0v) is 17.0. The third kappa shape index (κ3) is 2.47. The lowest BCUT2D eigenvalue weighted by Crippen LogP contribution is -2.30. The van der Waals surface area contributed by atoms with E-state index in [0.29, 0.717) is 0 Å². The van der Waals surface area contributed by atoms with Crippen LogP contribution in [0.1, 0.15) is 38.2 Å². The Bertz CT molecular complexity index is 1380. The molecule has 4 aromatic rings. The minimum absolute atomic E-state index is 0.0688. The van der Waals surface area contributed by atoms with Crippen molar-refractivity contribution in [3.05, 3.63) is 155 Å². The van der Waals surface area contributed by atoms with Crippen LogP contribution in [-0.2, 0) is 5.41 Å². The molecule has 0 saturated heterocycles. The van der Waals surface area contributed by atoms with Crippen molar-refractivity contribution >= 4 is 16.9 Å². The van der Waals surface area contributed by atoms with E-state index in [1.165, 1.54) is 33.4 Å². The summed E-state index contributed by atoms with van der Waals surface area (Å²) >= 11 is 0. The lowest BCUT2D eigenvalue weighted by molar-refractivity contribution is 0.104. The SMILES string of the molecule is O=C1C=C[C@@]2(C(c3ccccc3)=C(c3ccccc3)c3ccccc32)c2ccccc21. The quantitative estimate of drug-likeness (QED) is 0.368. The Balaban J connectivity index is 1.81. The number of rotatable bonds is 2. The van der Waals surface area contributed by atoms with Gasteiger partial charge in [0.05, 0.1) is 5.41 Å². The second kappa shape index (κ2) is 6.78. The van der Waals surface area contributed by atoms with Crippen molar-refractivity contribution in [2.24, 2.45) is 0 Å². The highest BCUT2D eigenvalue weighted by molar-refractivity contribution is 6.15. The van der Waals surface area contributed by atoms with Crippen LogP contribution in [-0.4, -0.2) is 5.78 Å². The first kappa shape index (κ1) is 17.9. The molecule has 0 N–H and O–H groups in total. The van der Waals surface area contributed by atoms with Crippen molar-refractivity contribution in [3.63, 3.8) is 0 Å². The van der Waals surface area contributed by atoms with Gasteiger partial charge in [-0.15, -0.1) is 0 Å². The van der Waals surface area contributed by atoms with Gasteiger partial charge in [0.25, 0.3) is 0 Å². The maximum absolute atomic E-state index is 12.8. The van der Waals surface area contributed by atoms with Crippen LogP contribution in [0.5, 0.6) is 0 Å². The highest BCUT2D eigenvalue weighted by atomic mass is 16.1. The molecular weight excluding hydrogens is 376 g/mol. The molecule has 0 fully saturated rings. The highest BCUT2D eigenvalue weighted by Gasteiger charge is 2.48. The highest BCUT2D eigenvalue weighted by Crippen LogP contribution is 2.58. The van der Waals surface area contributed by atoms with Crippen molar-refractivity contribution in [2.45, 2.75) is 5.41 Å². The van der Waals surface area contributed by atoms with Gasteiger partial charge in [0.1, 0.15) is 0 Å². The van der Waals surface area contributed by atoms with Gasteiger partial charge in [0.2, 0.25) is 0 Å². The fraction of sp³-hybridized carbons (Fsp3) is 0.0333. The Labute approximate surface area is 182 Å². The molecule has 0 amide bonds. The molecule has 31 heavy (non-hydrogen) atoms. The number of carbonyl (C=O) groups is 1. The lowest BCUT2D eigenvalue weighted by atomic mass is 9.65. The first-order chi connectivity index (χ1) is 15.3. The van der Waals surface area contributed by atoms with Gasteiger partial charge >= 0.3 is 0 Å². The average molecular weight is 396 g/mol. The zero-order chi connectivity index (χ0) is 20.8. The molecule has 0 saturated carbocycles. The molecule has 0 radical (unpaired) electrons. The Morgan fingerprint density at radius 3 is 1.71 bits per heavy atom. The van der Waals surface area contributed by atoms with E-state index >= 15 is 0 Å². The van der Waals surface area contributed by atoms with Gasteiger partial charge in [-0.3, -0.25) is 4.79 Å². The van der Waals surface area contributed by atoms with Gasteiger partial charge < -0.3 is 0 Å². The number of allylic oxidation sites excluding steroid dienone is 3. The predicted octanol–water partition coefficient (Wildman–Crippen LogP) is 6.70. The standard InChI is InChI=1S/C30H20O/c31-27-19-20-30(25-17-9-7-15-23(25)27)26-18-10-8-16-24(26)28(21-11-3-1-4-12-21)29(30)22-13-5-2-6-14-22/h1-20H/t30-/m1/s1. The average Bonchev–Trinajstić information content (AvgIpc) is 3.14. The number of ketones is 1. The summed E-state index contributed by atoms with van der Waals surface area (Å²) in [6, 6.07) is 37.9. The van der Waals surface area contributed by atoms with Crippen LogP contribution < -0.4 is 0 Å². The van der Waals surface area contributed by atoms with E-state index in [1.54, 1.807) is 6.08 Å². The lowest BCUT2D eigenvalue weighted by Gasteiger charge is -2.35. The van der Waals surface area contributed by atoms with Crippen molar-refractivity contribution in [1.82, 2.24) is 0 Å². The summed E-state index contributed by atoms with van der Waals surface area (Å²) < 4.78 is 0. The fourth-order valence-electron chi connectivity index (χ4n) is 5.27. The van der Waals surface area contributed by atoms with Crippen LogP contribution in [0.4, 0.5) is 0 Å². The van der Waals surface area contributed by atoms with Gasteiger partial charge in [-0.05, 0) is 45.0 Å². The topological polar surface area (TPSA) is 17.1 Å². The van der Waals surface area contributed by atoms with Crippen LogP contribution in [0, 0.1) is 0 Å². The summed E-state index contributed by atoms with van der Waals surface area (Å²) in [4.78, 5) is 12.8. The number of hydrogen-bond donors (Lipinski definition) is 0. The molecular formula is C30H20O. The molecule has 0 heterocycles. The molecule has 1 spiro atoms. The van der Waals surface area contributed by atoms with Crippen LogP contribution in [0.3, 0.4) is 0 Å². The summed E-state index contributed by atoms with van der Waals surface area (Å²) in [5.74, 6) is 0.0688. The van der Waals surface area contributed by atoms with E-state index in [0.717, 1.165) is 11.1 Å². The van der Waals surface area contributed by atoms with E-state index < -0.39 is 5.41 Å². The Hall–Kier alpha value is -3.97. The Morgan fingerprint density at radius 2 is 1.03 bits per heavy atom. The molecule has 0 unspecified atom stereocenters. The normalized spacial score (nSPS) is 18.9. The number of carbonyl (C=O) groups excluding carboxylic acids is 1. The number of fused-ring (bicyclic) bond motifs is 4. The van der Waals surface area contributed by atoms with Crippen LogP contribution in [0.25, 0.3) is 11.1 Å². The number of benzene rings is 4. The van der Waals surface area contributed by atoms with Crippen molar-refractivity contribution < 1.29 is 4.79 Å². The largest absolute Gasteiger partial charge is 0.289 e. The van der Waals surface area contributed by atoms with Crippen LogP contribution in [0.2, 0.25) is 0 Å². The van der Waals surface area contributed by atoms with Gasteiger partial charge in [-0.1, -0.05) is 115 Å². The molecule has 1 atom stereocenters. The van der Waals surface area contributed by atoms with Crippen molar-refractivity contribution in [2.75, 3.05) is 0 Å². The minimum atomic E-state index is -0.506. The molecule has 6 rings (SSSR count). The maximum atomic E-state index is 12.8. The first-order valence-corrected chi connectivity index (χ1v) is 10.6. The molecule has 1 heteroatoms. The summed E-state index contributed by atoms with van der Waals surface area (Å²) in [6.07, 6.45) is 3.88. The van der Waals surface area contributed by atoms with Crippen LogP contribution >= 0.6 is 0 Å². The van der Waals surface area contributed by atoms with E-state index in [4.69, 9.17) is 0 Å². The third-order valence-corrected chi connectivity index (χ3v) is 6.49. The van der Waals surface area contributed by atoms with Gasteiger partial charge in [0.15, 0.2) is 5.78 Å². The molecule has 0 aromatic heterocycles. The molecule has 146 valence electrons. The summed E-state index contributed by atoms with van der Waals surface area (Å²) in [7, 11) is 0.